The first-order valence-corrected chi connectivity index (χ1v) is 8.01. The second-order valence-corrected chi connectivity index (χ2v) is 6.53. The molecule has 1 aliphatic heterocycles. The Morgan fingerprint density at radius 3 is 2.65 bits per heavy atom. The maximum absolute atomic E-state index is 13.4. The van der Waals surface area contributed by atoms with Crippen LogP contribution in [0.1, 0.15) is 27.9 Å². The van der Waals surface area contributed by atoms with Crippen molar-refractivity contribution in [1.29, 1.82) is 0 Å². The fourth-order valence-corrected chi connectivity index (χ4v) is 3.49. The summed E-state index contributed by atoms with van der Waals surface area (Å²) in [4.78, 5) is 15.3. The van der Waals surface area contributed by atoms with Gasteiger partial charge in [-0.3, -0.25) is 4.79 Å². The molecule has 0 radical (unpaired) electrons. The molecule has 1 aliphatic rings. The highest BCUT2D eigenvalue weighted by Crippen LogP contribution is 2.37. The summed E-state index contributed by atoms with van der Waals surface area (Å²) in [5, 5.41) is 3.75. The van der Waals surface area contributed by atoms with Crippen LogP contribution >= 0.6 is 11.3 Å². The number of alkyl halides is 2. The predicted octanol–water partition coefficient (Wildman–Crippen LogP) is 3.30. The first kappa shape index (κ1) is 16.1. The van der Waals surface area contributed by atoms with Crippen LogP contribution in [0.4, 0.5) is 8.78 Å². The summed E-state index contributed by atoms with van der Waals surface area (Å²) < 4.78 is 36.9. The number of thiophene rings is 1. The van der Waals surface area contributed by atoms with Crippen LogP contribution in [0.25, 0.3) is 10.6 Å². The van der Waals surface area contributed by atoms with Gasteiger partial charge in [0.25, 0.3) is 5.91 Å². The topological polar surface area (TPSA) is 55.6 Å². The zero-order chi connectivity index (χ0) is 16.6. The highest BCUT2D eigenvalue weighted by molar-refractivity contribution is 7.17. The summed E-state index contributed by atoms with van der Waals surface area (Å²) in [5.74, 6) is -3.60. The predicted molar refractivity (Wildman–Crippen MR) is 80.8 cm³/mol. The summed E-state index contributed by atoms with van der Waals surface area (Å²) in [6.07, 6.45) is 0. The van der Waals surface area contributed by atoms with Gasteiger partial charge in [-0.1, -0.05) is 5.16 Å². The fourth-order valence-electron chi connectivity index (χ4n) is 2.48. The molecule has 3 rings (SSSR count). The molecule has 2 aromatic rings. The van der Waals surface area contributed by atoms with E-state index in [1.165, 1.54) is 11.3 Å². The van der Waals surface area contributed by atoms with Crippen LogP contribution in [-0.4, -0.2) is 42.3 Å². The molecule has 1 amide bonds. The molecular weight excluding hydrogens is 326 g/mol. The molecule has 0 spiro atoms. The SMILES string of the molecule is Cc1c(-c2ccc(C(=O)N3CCOCC3)s2)noc1C(C)(F)F. The van der Waals surface area contributed by atoms with Gasteiger partial charge in [0.05, 0.1) is 23.0 Å². The molecule has 0 aromatic carbocycles. The molecule has 8 heteroatoms. The third-order valence-corrected chi connectivity index (χ3v) is 4.75. The Bertz CT molecular complexity index is 715. The molecule has 0 unspecified atom stereocenters. The lowest BCUT2D eigenvalue weighted by atomic mass is 10.1. The van der Waals surface area contributed by atoms with Gasteiger partial charge in [-0.15, -0.1) is 11.3 Å². The van der Waals surface area contributed by atoms with Crippen molar-refractivity contribution >= 4 is 17.2 Å². The van der Waals surface area contributed by atoms with Crippen molar-refractivity contribution in [3.05, 3.63) is 28.3 Å². The molecule has 1 fully saturated rings. The lowest BCUT2D eigenvalue weighted by molar-refractivity contribution is -0.0112. The first-order valence-electron chi connectivity index (χ1n) is 7.19. The average molecular weight is 342 g/mol. The van der Waals surface area contributed by atoms with Gasteiger partial charge >= 0.3 is 5.92 Å². The maximum atomic E-state index is 13.4. The van der Waals surface area contributed by atoms with Crippen molar-refractivity contribution < 1.29 is 22.8 Å². The van der Waals surface area contributed by atoms with Gasteiger partial charge in [0.2, 0.25) is 5.76 Å². The average Bonchev–Trinajstić information content (AvgIpc) is 3.13. The lowest BCUT2D eigenvalue weighted by Gasteiger charge is -2.26. The van der Waals surface area contributed by atoms with Crippen molar-refractivity contribution in [2.24, 2.45) is 0 Å². The van der Waals surface area contributed by atoms with Crippen LogP contribution in [0.3, 0.4) is 0 Å². The van der Waals surface area contributed by atoms with Crippen LogP contribution in [0, 0.1) is 6.92 Å². The van der Waals surface area contributed by atoms with E-state index in [-0.39, 0.29) is 5.91 Å². The largest absolute Gasteiger partial charge is 0.378 e. The highest BCUT2D eigenvalue weighted by Gasteiger charge is 2.34. The van der Waals surface area contributed by atoms with Crippen LogP contribution in [0.2, 0.25) is 0 Å². The third-order valence-electron chi connectivity index (χ3n) is 3.67. The van der Waals surface area contributed by atoms with Gasteiger partial charge in [0.15, 0.2) is 0 Å². The minimum absolute atomic E-state index is 0.0771. The van der Waals surface area contributed by atoms with Crippen molar-refractivity contribution in [3.8, 4) is 10.6 Å². The number of carbonyl (C=O) groups excluding carboxylic acids is 1. The molecule has 2 aromatic heterocycles. The number of carbonyl (C=O) groups is 1. The molecule has 1 saturated heterocycles. The quantitative estimate of drug-likeness (QED) is 0.859. The van der Waals surface area contributed by atoms with Crippen molar-refractivity contribution in [3.63, 3.8) is 0 Å². The number of halogens is 2. The Kier molecular flexibility index (Phi) is 4.20. The van der Waals surface area contributed by atoms with E-state index in [1.807, 2.05) is 0 Å². The maximum Gasteiger partial charge on any atom is 0.304 e. The van der Waals surface area contributed by atoms with E-state index in [0.29, 0.717) is 47.3 Å². The summed E-state index contributed by atoms with van der Waals surface area (Å²) in [5.41, 5.74) is 0.650. The molecule has 0 atom stereocenters. The van der Waals surface area contributed by atoms with Crippen LogP contribution in [0.15, 0.2) is 16.7 Å². The summed E-state index contributed by atoms with van der Waals surface area (Å²) in [7, 11) is 0. The summed E-state index contributed by atoms with van der Waals surface area (Å²) >= 11 is 1.23. The number of hydrogen-bond donors (Lipinski definition) is 0. The standard InChI is InChI=1S/C15H16F2N2O3S/c1-9-12(18-22-13(9)15(2,16)17)10-3-4-11(23-10)14(20)19-5-7-21-8-6-19/h3-4H,5-8H2,1-2H3. The summed E-state index contributed by atoms with van der Waals surface area (Å²) in [6, 6.07) is 3.40. The summed E-state index contributed by atoms with van der Waals surface area (Å²) in [6.45, 7) is 4.49. The molecule has 124 valence electrons. The molecule has 0 bridgehead atoms. The van der Waals surface area contributed by atoms with Crippen molar-refractivity contribution in [1.82, 2.24) is 10.1 Å². The number of rotatable bonds is 3. The van der Waals surface area contributed by atoms with Crippen molar-refractivity contribution in [2.45, 2.75) is 19.8 Å². The van der Waals surface area contributed by atoms with Crippen molar-refractivity contribution in [2.75, 3.05) is 26.3 Å². The number of aromatic nitrogens is 1. The minimum Gasteiger partial charge on any atom is -0.378 e. The van der Waals surface area contributed by atoms with E-state index in [0.717, 1.165) is 6.92 Å². The zero-order valence-electron chi connectivity index (χ0n) is 12.8. The zero-order valence-corrected chi connectivity index (χ0v) is 13.6. The van der Waals surface area contributed by atoms with Crippen LogP contribution in [-0.2, 0) is 10.7 Å². The Hall–Kier alpha value is -1.80. The van der Waals surface area contributed by atoms with Crippen LogP contribution in [0.5, 0.6) is 0 Å². The number of amides is 1. The van der Waals surface area contributed by atoms with E-state index >= 15 is 0 Å². The third kappa shape index (κ3) is 3.13. The second-order valence-electron chi connectivity index (χ2n) is 5.44. The van der Waals surface area contributed by atoms with E-state index in [2.05, 4.69) is 5.16 Å². The van der Waals surface area contributed by atoms with Gasteiger partial charge in [-0.2, -0.15) is 8.78 Å². The van der Waals surface area contributed by atoms with E-state index in [9.17, 15) is 13.6 Å². The molecular formula is C15H16F2N2O3S. The molecule has 5 nitrogen and oxygen atoms in total. The Balaban J connectivity index is 1.85. The number of hydrogen-bond acceptors (Lipinski definition) is 5. The highest BCUT2D eigenvalue weighted by atomic mass is 32.1. The van der Waals surface area contributed by atoms with E-state index < -0.39 is 11.7 Å². The van der Waals surface area contributed by atoms with Gasteiger partial charge < -0.3 is 14.2 Å². The van der Waals surface area contributed by atoms with Gasteiger partial charge in [-0.05, 0) is 19.1 Å². The normalized spacial score (nSPS) is 15.9. The monoisotopic (exact) mass is 342 g/mol. The van der Waals surface area contributed by atoms with Crippen LogP contribution < -0.4 is 0 Å². The Labute approximate surface area is 135 Å². The second kappa shape index (κ2) is 6.01. The molecule has 3 heterocycles. The van der Waals surface area contributed by atoms with E-state index in [1.54, 1.807) is 24.0 Å². The number of ether oxygens (including phenoxy) is 1. The minimum atomic E-state index is -3.08. The van der Waals surface area contributed by atoms with Gasteiger partial charge in [-0.25, -0.2) is 0 Å². The van der Waals surface area contributed by atoms with Gasteiger partial charge in [0.1, 0.15) is 5.69 Å². The number of morpholine rings is 1. The molecule has 0 aliphatic carbocycles. The molecule has 0 N–H and O–H groups in total. The first-order chi connectivity index (χ1) is 10.9. The molecule has 23 heavy (non-hydrogen) atoms. The smallest absolute Gasteiger partial charge is 0.304 e. The Morgan fingerprint density at radius 2 is 2.04 bits per heavy atom. The lowest BCUT2D eigenvalue weighted by Crippen LogP contribution is -2.40. The van der Waals surface area contributed by atoms with Gasteiger partial charge in [0, 0.05) is 25.6 Å². The number of nitrogens with zero attached hydrogens (tertiary/aromatic N) is 2. The fraction of sp³-hybridized carbons (Fsp3) is 0.467. The molecule has 0 saturated carbocycles. The Morgan fingerprint density at radius 1 is 1.35 bits per heavy atom. The van der Waals surface area contributed by atoms with E-state index in [4.69, 9.17) is 9.26 Å².